The Morgan fingerprint density at radius 1 is 1.00 bits per heavy atom. The molecule has 0 atom stereocenters. The van der Waals surface area contributed by atoms with Crippen molar-refractivity contribution in [1.82, 2.24) is 0 Å². The Balaban J connectivity index is 0.00000400. The van der Waals surface area contributed by atoms with Gasteiger partial charge in [-0.3, -0.25) is 9.79 Å². The third-order valence-electron chi connectivity index (χ3n) is 3.24. The Morgan fingerprint density at radius 3 is 2.19 bits per heavy atom. The fraction of sp³-hybridized carbons (Fsp3) is 0.600. The van der Waals surface area contributed by atoms with E-state index in [-0.39, 0.29) is 29.6 Å². The summed E-state index contributed by atoms with van der Waals surface area (Å²) >= 11 is 0. The van der Waals surface area contributed by atoms with Crippen molar-refractivity contribution in [3.8, 4) is 5.75 Å². The van der Waals surface area contributed by atoms with Crippen molar-refractivity contribution in [2.45, 2.75) is 58.3 Å². The number of hydrogen-bond donors (Lipinski definition) is 2. The maximum absolute atomic E-state index is 10.9. The summed E-state index contributed by atoms with van der Waals surface area (Å²) in [6.45, 7) is 2.21. The van der Waals surface area contributed by atoms with Gasteiger partial charge in [0.05, 0.1) is 0 Å². The van der Waals surface area contributed by atoms with Crippen LogP contribution in [0.2, 0.25) is 0 Å². The van der Waals surface area contributed by atoms with Crippen LogP contribution < -0.4 is 4.52 Å². The first-order valence-electron chi connectivity index (χ1n) is 7.36. The summed E-state index contributed by atoms with van der Waals surface area (Å²) in [5.74, 6) is 0.298. The van der Waals surface area contributed by atoms with Crippen molar-refractivity contribution in [3.05, 3.63) is 29.8 Å². The number of benzene rings is 1. The molecule has 0 aromatic heterocycles. The van der Waals surface area contributed by atoms with E-state index in [0.717, 1.165) is 24.8 Å². The van der Waals surface area contributed by atoms with E-state index in [1.807, 2.05) is 12.1 Å². The summed E-state index contributed by atoms with van der Waals surface area (Å²) < 4.78 is 15.6. The Labute approximate surface area is 149 Å². The van der Waals surface area contributed by atoms with Crippen LogP contribution in [0.3, 0.4) is 0 Å². The average Bonchev–Trinajstić information content (AvgIpc) is 2.38. The number of para-hydroxylation sites is 1. The molecule has 0 heterocycles. The van der Waals surface area contributed by atoms with Crippen LogP contribution in [-0.4, -0.2) is 39.3 Å². The van der Waals surface area contributed by atoms with Crippen molar-refractivity contribution >= 4 is 37.4 Å². The summed E-state index contributed by atoms with van der Waals surface area (Å²) in [5, 5.41) is 0. The molecule has 1 aromatic carbocycles. The van der Waals surface area contributed by atoms with Crippen LogP contribution in [0.15, 0.2) is 24.3 Å². The molecule has 0 amide bonds. The van der Waals surface area contributed by atoms with Gasteiger partial charge in [-0.1, -0.05) is 63.6 Å². The van der Waals surface area contributed by atoms with Gasteiger partial charge in [0.2, 0.25) is 0 Å². The van der Waals surface area contributed by atoms with Crippen molar-refractivity contribution in [2.24, 2.45) is 0 Å². The summed E-state index contributed by atoms with van der Waals surface area (Å²) in [5.41, 5.74) is 0.865. The van der Waals surface area contributed by atoms with Gasteiger partial charge in [0.15, 0.2) is 0 Å². The van der Waals surface area contributed by atoms with Crippen LogP contribution in [0.5, 0.6) is 5.75 Å². The van der Waals surface area contributed by atoms with Gasteiger partial charge in [0.1, 0.15) is 5.75 Å². The van der Waals surface area contributed by atoms with Gasteiger partial charge >= 0.3 is 37.4 Å². The molecule has 0 fully saturated rings. The topological polar surface area (TPSA) is 66.8 Å². The van der Waals surface area contributed by atoms with Gasteiger partial charge in [-0.15, -0.1) is 0 Å². The molecule has 0 saturated carbocycles. The zero-order chi connectivity index (χ0) is 14.8. The summed E-state index contributed by atoms with van der Waals surface area (Å²) in [6.07, 6.45) is 9.32. The predicted octanol–water partition coefficient (Wildman–Crippen LogP) is 3.80. The zero-order valence-corrected chi connectivity index (χ0v) is 13.0. The molecule has 0 unspecified atom stereocenters. The second-order valence-electron chi connectivity index (χ2n) is 5.06. The van der Waals surface area contributed by atoms with Crippen LogP contribution in [0.25, 0.3) is 0 Å². The van der Waals surface area contributed by atoms with Gasteiger partial charge in [-0.05, 0) is 24.5 Å². The van der Waals surface area contributed by atoms with Gasteiger partial charge in [0, 0.05) is 0 Å². The minimum atomic E-state index is -4.47. The molecule has 1 rings (SSSR count). The summed E-state index contributed by atoms with van der Waals surface area (Å²) in [7, 11) is -4.47. The third-order valence-corrected chi connectivity index (χ3v) is 3.67. The average molecular weight is 324 g/mol. The van der Waals surface area contributed by atoms with Crippen molar-refractivity contribution in [3.63, 3.8) is 0 Å². The number of rotatable bonds is 10. The fourth-order valence-electron chi connectivity index (χ4n) is 2.20. The fourth-order valence-corrected chi connectivity index (χ4v) is 2.63. The van der Waals surface area contributed by atoms with Crippen LogP contribution in [-0.2, 0) is 11.0 Å². The van der Waals surface area contributed by atoms with Crippen molar-refractivity contribution < 1.29 is 18.9 Å². The van der Waals surface area contributed by atoms with Crippen molar-refractivity contribution in [1.29, 1.82) is 0 Å². The number of aryl methyl sites for hydroxylation is 1. The number of phosphoric acid groups is 1. The first kappa shape index (κ1) is 21.2. The zero-order valence-electron chi connectivity index (χ0n) is 12.1. The van der Waals surface area contributed by atoms with Gasteiger partial charge < -0.3 is 4.52 Å². The molecule has 0 aliphatic heterocycles. The molecule has 21 heavy (non-hydrogen) atoms. The Bertz CT molecular complexity index is 433. The van der Waals surface area contributed by atoms with E-state index < -0.39 is 7.82 Å². The standard InChI is InChI=1S/C15H25O4P.Na.H/c1-2-3-4-5-6-7-8-11-14-12-9-10-13-15(14)19-20(16,17)18;;/h9-10,12-13H,2-8,11H2,1H3,(H2,16,17,18);;. The molecule has 2 N–H and O–H groups in total. The van der Waals surface area contributed by atoms with E-state index in [4.69, 9.17) is 14.3 Å². The molecule has 4 nitrogen and oxygen atoms in total. The van der Waals surface area contributed by atoms with Gasteiger partial charge in [-0.25, -0.2) is 4.57 Å². The van der Waals surface area contributed by atoms with E-state index in [9.17, 15) is 4.57 Å². The second-order valence-corrected chi connectivity index (χ2v) is 6.22. The minimum absolute atomic E-state index is 0. The predicted molar refractivity (Wildman–Crippen MR) is 88.0 cm³/mol. The molecule has 6 heteroatoms. The van der Waals surface area contributed by atoms with Gasteiger partial charge in [0.25, 0.3) is 0 Å². The SMILES string of the molecule is CCCCCCCCCc1ccccc1OP(=O)(O)O.[NaH]. The normalized spacial score (nSPS) is 11.0. The molecular formula is C15H26NaO4P. The van der Waals surface area contributed by atoms with Crippen LogP contribution in [0.1, 0.15) is 57.4 Å². The Morgan fingerprint density at radius 2 is 1.57 bits per heavy atom. The molecular weight excluding hydrogens is 298 g/mol. The number of phosphoric ester groups is 1. The third kappa shape index (κ3) is 10.5. The molecule has 1 aromatic rings. The first-order chi connectivity index (χ1) is 9.53. The van der Waals surface area contributed by atoms with Crippen LogP contribution in [0.4, 0.5) is 0 Å². The van der Waals surface area contributed by atoms with E-state index in [2.05, 4.69) is 6.92 Å². The number of unbranched alkanes of at least 4 members (excludes halogenated alkanes) is 6. The molecule has 0 aliphatic rings. The second kappa shape index (κ2) is 11.7. The molecule has 116 valence electrons. The Kier molecular flexibility index (Phi) is 11.8. The van der Waals surface area contributed by atoms with Gasteiger partial charge in [-0.2, -0.15) is 0 Å². The summed E-state index contributed by atoms with van der Waals surface area (Å²) in [6, 6.07) is 7.06. The molecule has 0 saturated heterocycles. The van der Waals surface area contributed by atoms with Crippen LogP contribution in [0, 0.1) is 0 Å². The van der Waals surface area contributed by atoms with Crippen LogP contribution >= 0.6 is 7.82 Å². The first-order valence-corrected chi connectivity index (χ1v) is 8.89. The van der Waals surface area contributed by atoms with E-state index >= 15 is 0 Å². The van der Waals surface area contributed by atoms with E-state index in [0.29, 0.717) is 5.75 Å². The van der Waals surface area contributed by atoms with E-state index in [1.165, 1.54) is 32.1 Å². The molecule has 0 aliphatic carbocycles. The molecule has 0 radical (unpaired) electrons. The molecule has 0 spiro atoms. The summed E-state index contributed by atoms with van der Waals surface area (Å²) in [4.78, 5) is 17.8. The Hall–Kier alpha value is 0.170. The monoisotopic (exact) mass is 324 g/mol. The van der Waals surface area contributed by atoms with E-state index in [1.54, 1.807) is 12.1 Å². The van der Waals surface area contributed by atoms with Crippen molar-refractivity contribution in [2.75, 3.05) is 0 Å². The maximum atomic E-state index is 10.9. The molecule has 0 bridgehead atoms. The number of hydrogen-bond acceptors (Lipinski definition) is 2. The quantitative estimate of drug-likeness (QED) is 0.390.